The van der Waals surface area contributed by atoms with Gasteiger partial charge in [-0.25, -0.2) is 4.98 Å². The molecule has 1 aliphatic rings. The molecule has 1 aliphatic heterocycles. The maximum Gasteiger partial charge on any atom is 0.241 e. The van der Waals surface area contributed by atoms with Gasteiger partial charge < -0.3 is 19.9 Å². The van der Waals surface area contributed by atoms with Crippen LogP contribution < -0.4 is 15.0 Å². The highest BCUT2D eigenvalue weighted by Crippen LogP contribution is 2.22. The number of benzene rings is 1. The summed E-state index contributed by atoms with van der Waals surface area (Å²) in [5.74, 6) is 1.81. The van der Waals surface area contributed by atoms with Gasteiger partial charge in [0.15, 0.2) is 0 Å². The second-order valence-corrected chi connectivity index (χ2v) is 5.61. The number of ether oxygens (including phenoxy) is 1. The molecule has 2 aromatic rings. The minimum Gasteiger partial charge on any atom is -0.495 e. The van der Waals surface area contributed by atoms with Gasteiger partial charge in [0.2, 0.25) is 5.91 Å². The first-order valence-electron chi connectivity index (χ1n) is 8.08. The molecule has 0 radical (unpaired) electrons. The largest absolute Gasteiger partial charge is 0.495 e. The Kier molecular flexibility index (Phi) is 5.15. The van der Waals surface area contributed by atoms with E-state index in [2.05, 4.69) is 15.2 Å². The van der Waals surface area contributed by atoms with Crippen molar-refractivity contribution in [2.75, 3.05) is 50.1 Å². The first-order valence-corrected chi connectivity index (χ1v) is 8.08. The Bertz CT molecular complexity index is 670. The average Bonchev–Trinajstić information content (AvgIpc) is 2.67. The SMILES string of the molecule is COc1ccccc1NCC(=O)N1CCN(c2ccccn2)CC1. The van der Waals surface area contributed by atoms with Crippen LogP contribution in [0.5, 0.6) is 5.75 Å². The molecule has 24 heavy (non-hydrogen) atoms. The fraction of sp³-hybridized carbons (Fsp3) is 0.333. The summed E-state index contributed by atoms with van der Waals surface area (Å²) in [6.45, 7) is 3.30. The molecule has 0 saturated carbocycles. The number of hydrogen-bond donors (Lipinski definition) is 1. The summed E-state index contributed by atoms with van der Waals surface area (Å²) in [7, 11) is 1.62. The van der Waals surface area contributed by atoms with E-state index in [-0.39, 0.29) is 12.5 Å². The molecule has 6 heteroatoms. The quantitative estimate of drug-likeness (QED) is 0.909. The van der Waals surface area contributed by atoms with Crippen LogP contribution in [0.25, 0.3) is 0 Å². The summed E-state index contributed by atoms with van der Waals surface area (Å²) in [5.41, 5.74) is 0.834. The van der Waals surface area contributed by atoms with Gasteiger partial charge in [0.25, 0.3) is 0 Å². The third-order valence-electron chi connectivity index (χ3n) is 4.14. The van der Waals surface area contributed by atoms with Crippen LogP contribution >= 0.6 is 0 Å². The standard InChI is InChI=1S/C18H22N4O2/c1-24-16-7-3-2-6-15(16)20-14-18(23)22-12-10-21(11-13-22)17-8-4-5-9-19-17/h2-9,20H,10-14H2,1H3. The molecule has 0 atom stereocenters. The topological polar surface area (TPSA) is 57.7 Å². The molecule has 1 aromatic carbocycles. The zero-order valence-corrected chi connectivity index (χ0v) is 13.8. The Morgan fingerprint density at radius 2 is 1.88 bits per heavy atom. The molecule has 126 valence electrons. The van der Waals surface area contributed by atoms with Gasteiger partial charge >= 0.3 is 0 Å². The molecule has 6 nitrogen and oxygen atoms in total. The first kappa shape index (κ1) is 16.1. The number of hydrogen-bond acceptors (Lipinski definition) is 5. The highest BCUT2D eigenvalue weighted by atomic mass is 16.5. The normalized spacial score (nSPS) is 14.4. The van der Waals surface area contributed by atoms with E-state index in [1.165, 1.54) is 0 Å². The highest BCUT2D eigenvalue weighted by molar-refractivity contribution is 5.81. The van der Waals surface area contributed by atoms with Crippen LogP contribution in [0.2, 0.25) is 0 Å². The Morgan fingerprint density at radius 3 is 2.58 bits per heavy atom. The number of piperazine rings is 1. The number of aromatic nitrogens is 1. The van der Waals surface area contributed by atoms with Crippen LogP contribution in [0, 0.1) is 0 Å². The Hall–Kier alpha value is -2.76. The molecule has 0 unspecified atom stereocenters. The number of para-hydroxylation sites is 2. The molecule has 0 aliphatic carbocycles. The second-order valence-electron chi connectivity index (χ2n) is 5.61. The number of rotatable bonds is 5. The maximum atomic E-state index is 12.4. The minimum atomic E-state index is 0.0987. The monoisotopic (exact) mass is 326 g/mol. The van der Waals surface area contributed by atoms with E-state index in [1.54, 1.807) is 13.3 Å². The van der Waals surface area contributed by atoms with Crippen LogP contribution in [-0.4, -0.2) is 55.6 Å². The maximum absolute atomic E-state index is 12.4. The first-order chi connectivity index (χ1) is 11.8. The number of methoxy groups -OCH3 is 1. The number of nitrogens with zero attached hydrogens (tertiary/aromatic N) is 3. The van der Waals surface area contributed by atoms with Crippen molar-refractivity contribution in [3.63, 3.8) is 0 Å². The van der Waals surface area contributed by atoms with Crippen LogP contribution in [-0.2, 0) is 4.79 Å². The molecule has 1 aromatic heterocycles. The van der Waals surface area contributed by atoms with Gasteiger partial charge in [0, 0.05) is 32.4 Å². The summed E-state index contributed by atoms with van der Waals surface area (Å²) in [6.07, 6.45) is 1.80. The zero-order chi connectivity index (χ0) is 16.8. The molecular formula is C18H22N4O2. The van der Waals surface area contributed by atoms with Gasteiger partial charge in [-0.1, -0.05) is 18.2 Å². The Labute approximate surface area is 142 Å². The molecule has 2 heterocycles. The van der Waals surface area contributed by atoms with E-state index in [1.807, 2.05) is 47.4 Å². The molecular weight excluding hydrogens is 304 g/mol. The molecule has 1 fully saturated rings. The summed E-state index contributed by atoms with van der Waals surface area (Å²) >= 11 is 0. The van der Waals surface area contributed by atoms with Gasteiger partial charge in [0.05, 0.1) is 19.3 Å². The zero-order valence-electron chi connectivity index (χ0n) is 13.8. The van der Waals surface area contributed by atoms with E-state index in [0.29, 0.717) is 13.1 Å². The van der Waals surface area contributed by atoms with Crippen molar-refractivity contribution in [2.24, 2.45) is 0 Å². The van der Waals surface area contributed by atoms with Crippen LogP contribution in [0.1, 0.15) is 0 Å². The predicted octanol–water partition coefficient (Wildman–Crippen LogP) is 1.85. The Balaban J connectivity index is 1.50. The lowest BCUT2D eigenvalue weighted by molar-refractivity contribution is -0.129. The Morgan fingerprint density at radius 1 is 1.12 bits per heavy atom. The molecule has 1 amide bonds. The summed E-state index contributed by atoms with van der Waals surface area (Å²) in [5, 5.41) is 3.16. The lowest BCUT2D eigenvalue weighted by Gasteiger charge is -2.35. The van der Waals surface area contributed by atoms with Gasteiger partial charge in [-0.05, 0) is 24.3 Å². The number of nitrogens with one attached hydrogen (secondary N) is 1. The smallest absolute Gasteiger partial charge is 0.241 e. The second kappa shape index (κ2) is 7.68. The fourth-order valence-electron chi connectivity index (χ4n) is 2.80. The van der Waals surface area contributed by atoms with Crippen LogP contribution in [0.4, 0.5) is 11.5 Å². The van der Waals surface area contributed by atoms with Crippen LogP contribution in [0.15, 0.2) is 48.7 Å². The van der Waals surface area contributed by atoms with Crippen molar-refractivity contribution in [1.82, 2.24) is 9.88 Å². The number of carbonyl (C=O) groups is 1. The van der Waals surface area contributed by atoms with Crippen molar-refractivity contribution in [3.8, 4) is 5.75 Å². The van der Waals surface area contributed by atoms with Crippen LogP contribution in [0.3, 0.4) is 0 Å². The van der Waals surface area contributed by atoms with Gasteiger partial charge in [-0.15, -0.1) is 0 Å². The van der Waals surface area contributed by atoms with E-state index in [9.17, 15) is 4.79 Å². The summed E-state index contributed by atoms with van der Waals surface area (Å²) < 4.78 is 5.29. The van der Waals surface area contributed by atoms with Crippen molar-refractivity contribution in [3.05, 3.63) is 48.7 Å². The van der Waals surface area contributed by atoms with E-state index >= 15 is 0 Å². The van der Waals surface area contributed by atoms with E-state index in [4.69, 9.17) is 4.74 Å². The minimum absolute atomic E-state index is 0.0987. The fourth-order valence-corrected chi connectivity index (χ4v) is 2.80. The lowest BCUT2D eigenvalue weighted by atomic mass is 10.2. The number of anilines is 2. The van der Waals surface area contributed by atoms with Crippen molar-refractivity contribution in [1.29, 1.82) is 0 Å². The highest BCUT2D eigenvalue weighted by Gasteiger charge is 2.21. The predicted molar refractivity (Wildman–Crippen MR) is 94.5 cm³/mol. The number of carbonyl (C=O) groups excluding carboxylic acids is 1. The average molecular weight is 326 g/mol. The van der Waals surface area contributed by atoms with E-state index in [0.717, 1.165) is 30.3 Å². The van der Waals surface area contributed by atoms with Crippen molar-refractivity contribution in [2.45, 2.75) is 0 Å². The number of pyridine rings is 1. The van der Waals surface area contributed by atoms with Gasteiger partial charge in [0.1, 0.15) is 11.6 Å². The molecule has 0 spiro atoms. The molecule has 1 N–H and O–H groups in total. The molecule has 0 bridgehead atoms. The summed E-state index contributed by atoms with van der Waals surface area (Å²) in [6, 6.07) is 13.5. The molecule has 3 rings (SSSR count). The van der Waals surface area contributed by atoms with Crippen molar-refractivity contribution >= 4 is 17.4 Å². The van der Waals surface area contributed by atoms with E-state index < -0.39 is 0 Å². The van der Waals surface area contributed by atoms with Crippen molar-refractivity contribution < 1.29 is 9.53 Å². The third-order valence-corrected chi connectivity index (χ3v) is 4.14. The third kappa shape index (κ3) is 3.76. The van der Waals surface area contributed by atoms with Gasteiger partial charge in [-0.3, -0.25) is 4.79 Å². The molecule has 1 saturated heterocycles. The summed E-state index contributed by atoms with van der Waals surface area (Å²) in [4.78, 5) is 20.9. The lowest BCUT2D eigenvalue weighted by Crippen LogP contribution is -2.50. The number of amides is 1. The van der Waals surface area contributed by atoms with Gasteiger partial charge in [-0.2, -0.15) is 0 Å².